The molecule has 0 saturated heterocycles. The fraction of sp³-hybridized carbons (Fsp3) is 0.943. The third-order valence-electron chi connectivity index (χ3n) is 8.01. The Morgan fingerprint density at radius 2 is 0.810 bits per heavy atom. The molecule has 0 aliphatic carbocycles. The van der Waals surface area contributed by atoms with Crippen LogP contribution in [-0.4, -0.2) is 35.5 Å². The van der Waals surface area contributed by atoms with Crippen LogP contribution in [0, 0.1) is 0 Å². The smallest absolute Gasteiger partial charge is 0.178 e. The number of aliphatic hydroxyl groups is 1. The van der Waals surface area contributed by atoms with Crippen molar-refractivity contribution in [2.45, 2.75) is 200 Å². The molecular weight excluding hydrogens is 562 g/mol. The maximum absolute atomic E-state index is 12.2. The second-order valence-electron chi connectivity index (χ2n) is 12.3. The summed E-state index contributed by atoms with van der Waals surface area (Å²) in [4.78, 5) is 24.3. The summed E-state index contributed by atoms with van der Waals surface area (Å²) in [5.74, 6) is 0. The van der Waals surface area contributed by atoms with Crippen molar-refractivity contribution in [2.24, 2.45) is 0 Å². The highest BCUT2D eigenvalue weighted by atomic mass is 31.1. The second kappa shape index (κ2) is 35.6. The van der Waals surface area contributed by atoms with Gasteiger partial charge in [-0.1, -0.05) is 168 Å². The van der Waals surface area contributed by atoms with E-state index in [1.54, 1.807) is 0 Å². The van der Waals surface area contributed by atoms with Gasteiger partial charge in [0.2, 0.25) is 0 Å². The number of carbonyl (C=O) groups excluding carboxylic acids is 2. The first-order chi connectivity index (χ1) is 20.6. The summed E-state index contributed by atoms with van der Waals surface area (Å²) in [7, 11) is -0.453. The van der Waals surface area contributed by atoms with Crippen LogP contribution in [0.4, 0.5) is 0 Å². The van der Waals surface area contributed by atoms with Crippen LogP contribution in [0.3, 0.4) is 0 Å². The average molecular weight is 633 g/mol. The van der Waals surface area contributed by atoms with Crippen LogP contribution in [0.15, 0.2) is 0 Å². The lowest BCUT2D eigenvalue weighted by molar-refractivity contribution is -0.113. The molecule has 0 rings (SSSR count). The molecule has 7 heteroatoms. The van der Waals surface area contributed by atoms with E-state index in [1.807, 2.05) is 0 Å². The Balaban J connectivity index is 3.50. The van der Waals surface area contributed by atoms with Crippen LogP contribution < -0.4 is 0 Å². The van der Waals surface area contributed by atoms with Crippen molar-refractivity contribution in [1.82, 2.24) is 0 Å². The lowest BCUT2D eigenvalue weighted by Crippen LogP contribution is -2.20. The van der Waals surface area contributed by atoms with Crippen molar-refractivity contribution in [3.05, 3.63) is 0 Å². The minimum Gasteiger partial charge on any atom is -0.394 e. The van der Waals surface area contributed by atoms with Gasteiger partial charge in [-0.3, -0.25) is 9.59 Å². The number of aliphatic hydroxyl groups excluding tert-OH is 1. The molecule has 0 radical (unpaired) electrons. The highest BCUT2D eigenvalue weighted by Crippen LogP contribution is 2.24. The Hall–Kier alpha value is 0.0800. The van der Waals surface area contributed by atoms with E-state index in [9.17, 15) is 14.7 Å². The normalized spacial score (nSPS) is 12.7. The predicted octanol–water partition coefficient (Wildman–Crippen LogP) is 11.6. The Kier molecular flexibility index (Phi) is 35.6. The Labute approximate surface area is 264 Å². The van der Waals surface area contributed by atoms with Gasteiger partial charge in [-0.25, -0.2) is 0 Å². The van der Waals surface area contributed by atoms with Crippen molar-refractivity contribution in [2.75, 3.05) is 13.2 Å². The zero-order valence-corrected chi connectivity index (χ0v) is 29.9. The molecule has 0 bridgehead atoms. The number of hydrogen-bond acceptors (Lipinski definition) is 5. The van der Waals surface area contributed by atoms with Gasteiger partial charge in [-0.05, 0) is 12.8 Å². The fourth-order valence-corrected chi connectivity index (χ4v) is 6.63. The molecule has 0 saturated carbocycles. The minimum atomic E-state index is -0.532. The van der Waals surface area contributed by atoms with Crippen LogP contribution in [0.2, 0.25) is 0 Å². The van der Waals surface area contributed by atoms with Gasteiger partial charge in [0.15, 0.2) is 11.0 Å². The van der Waals surface area contributed by atoms with E-state index in [1.165, 1.54) is 141 Å². The molecule has 0 amide bonds. The molecule has 3 unspecified atom stereocenters. The third-order valence-corrected chi connectivity index (χ3v) is 9.73. The average Bonchev–Trinajstić information content (AvgIpc) is 2.99. The topological polar surface area (TPSA) is 72.8 Å². The summed E-state index contributed by atoms with van der Waals surface area (Å²) in [5.41, 5.74) is 0.244. The monoisotopic (exact) mass is 632 g/mol. The standard InChI is InChI=1S/C35H70O5P2/c1-3-5-7-9-11-13-15-17-19-21-23-25-27-29-34(37)41-39-32-33(31-36)40-42-35(38)30-28-26-24-22-20-18-16-14-12-10-8-6-4-2/h33,36,41-42H,3-32H2,1-2H3. The molecule has 42 heavy (non-hydrogen) atoms. The van der Waals surface area contributed by atoms with Crippen molar-refractivity contribution in [3.8, 4) is 0 Å². The van der Waals surface area contributed by atoms with Gasteiger partial charge in [0.25, 0.3) is 0 Å². The molecule has 0 fully saturated rings. The molecule has 0 aromatic rings. The van der Waals surface area contributed by atoms with E-state index in [0.717, 1.165) is 25.7 Å². The van der Waals surface area contributed by atoms with Crippen LogP contribution >= 0.6 is 17.6 Å². The summed E-state index contributed by atoms with van der Waals surface area (Å²) >= 11 is 0. The summed E-state index contributed by atoms with van der Waals surface area (Å²) in [6.07, 6.45) is 34.2. The van der Waals surface area contributed by atoms with Gasteiger partial charge in [-0.2, -0.15) is 0 Å². The van der Waals surface area contributed by atoms with Crippen molar-refractivity contribution in [3.63, 3.8) is 0 Å². The van der Waals surface area contributed by atoms with Gasteiger partial charge in [0.1, 0.15) is 6.10 Å². The lowest BCUT2D eigenvalue weighted by Gasteiger charge is -2.14. The quantitative estimate of drug-likeness (QED) is 0.0549. The van der Waals surface area contributed by atoms with Gasteiger partial charge in [0.05, 0.1) is 30.8 Å². The number of carbonyl (C=O) groups is 2. The van der Waals surface area contributed by atoms with Gasteiger partial charge in [-0.15, -0.1) is 0 Å². The molecule has 1 N–H and O–H groups in total. The molecule has 0 heterocycles. The second-order valence-corrected chi connectivity index (χ2v) is 14.3. The van der Waals surface area contributed by atoms with Gasteiger partial charge >= 0.3 is 0 Å². The summed E-state index contributed by atoms with van der Waals surface area (Å²) in [6.45, 7) is 4.50. The first-order valence-corrected chi connectivity index (χ1v) is 19.9. The summed E-state index contributed by atoms with van der Waals surface area (Å²) in [6, 6.07) is 0. The first kappa shape index (κ1) is 42.1. The predicted molar refractivity (Wildman–Crippen MR) is 185 cm³/mol. The van der Waals surface area contributed by atoms with Crippen LogP contribution in [0.5, 0.6) is 0 Å². The maximum Gasteiger partial charge on any atom is 0.178 e. The first-order valence-electron chi connectivity index (χ1n) is 18.1. The molecule has 0 aromatic carbocycles. The van der Waals surface area contributed by atoms with Crippen LogP contribution in [-0.2, 0) is 18.6 Å². The van der Waals surface area contributed by atoms with Crippen molar-refractivity contribution in [1.29, 1.82) is 0 Å². The van der Waals surface area contributed by atoms with Crippen molar-refractivity contribution < 1.29 is 23.7 Å². The van der Waals surface area contributed by atoms with E-state index >= 15 is 0 Å². The zero-order valence-electron chi connectivity index (χ0n) is 27.9. The Bertz CT molecular complexity index is 576. The molecule has 0 aliphatic rings. The fourth-order valence-electron chi connectivity index (χ4n) is 5.20. The van der Waals surface area contributed by atoms with E-state index in [0.29, 0.717) is 12.8 Å². The van der Waals surface area contributed by atoms with Crippen LogP contribution in [0.25, 0.3) is 0 Å². The van der Waals surface area contributed by atoms with Gasteiger partial charge < -0.3 is 14.2 Å². The lowest BCUT2D eigenvalue weighted by atomic mass is 10.0. The number of unbranched alkanes of at least 4 members (excludes halogenated alkanes) is 24. The molecule has 5 nitrogen and oxygen atoms in total. The molecule has 0 aliphatic heterocycles. The highest BCUT2D eigenvalue weighted by molar-refractivity contribution is 7.53. The zero-order chi connectivity index (χ0) is 30.8. The van der Waals surface area contributed by atoms with E-state index in [2.05, 4.69) is 13.8 Å². The largest absolute Gasteiger partial charge is 0.394 e. The molecule has 250 valence electrons. The third kappa shape index (κ3) is 33.0. The number of hydrogen-bond donors (Lipinski definition) is 1. The summed E-state index contributed by atoms with van der Waals surface area (Å²) in [5, 5.41) is 9.54. The van der Waals surface area contributed by atoms with Gasteiger partial charge in [0, 0.05) is 12.8 Å². The SMILES string of the molecule is CCCCCCCCCCCCCCCC(=O)POCC(CO)OPC(=O)CCCCCCCCCCCCCCC. The Morgan fingerprint density at radius 1 is 0.500 bits per heavy atom. The van der Waals surface area contributed by atoms with Crippen LogP contribution in [0.1, 0.15) is 194 Å². The Morgan fingerprint density at radius 3 is 1.14 bits per heavy atom. The molecule has 0 spiro atoms. The van der Waals surface area contributed by atoms with E-state index < -0.39 is 6.10 Å². The summed E-state index contributed by atoms with van der Waals surface area (Å²) < 4.78 is 11.1. The number of rotatable bonds is 36. The highest BCUT2D eigenvalue weighted by Gasteiger charge is 2.13. The maximum atomic E-state index is 12.2. The van der Waals surface area contributed by atoms with E-state index in [-0.39, 0.29) is 41.9 Å². The molecule has 0 aromatic heterocycles. The van der Waals surface area contributed by atoms with Crippen molar-refractivity contribution >= 4 is 28.7 Å². The molecular formula is C35H70O5P2. The molecule has 3 atom stereocenters. The minimum absolute atomic E-state index is 0.109. The van der Waals surface area contributed by atoms with E-state index in [4.69, 9.17) is 9.05 Å².